The van der Waals surface area contributed by atoms with Gasteiger partial charge in [0.15, 0.2) is 0 Å². The van der Waals surface area contributed by atoms with Gasteiger partial charge in [-0.15, -0.1) is 0 Å². The summed E-state index contributed by atoms with van der Waals surface area (Å²) in [6, 6.07) is 1.28. The summed E-state index contributed by atoms with van der Waals surface area (Å²) in [6.45, 7) is 4.45. The molecule has 5 aliphatic rings. The van der Waals surface area contributed by atoms with Crippen molar-refractivity contribution in [1.29, 1.82) is 0 Å². The standard InChI is InChI=1S/C21H35N3O2/c1-3-18-8-4-5-11-21(26-18)14-17-10-9-16-13-20(12-6-7-15(2)25-20)22-19(23-21)24(16)17/h4,8,15-19,22-23H,3,5-7,9-14H2,1-2H3/t15-,16-,17+,18-,19-,20-,21+/m0/s1. The van der Waals surface area contributed by atoms with Gasteiger partial charge < -0.3 is 9.47 Å². The number of nitrogens with one attached hydrogen (secondary N) is 2. The van der Waals surface area contributed by atoms with Crippen molar-refractivity contribution in [2.24, 2.45) is 0 Å². The first-order chi connectivity index (χ1) is 12.6. The van der Waals surface area contributed by atoms with Crippen LogP contribution in [0.4, 0.5) is 0 Å². The van der Waals surface area contributed by atoms with Crippen LogP contribution < -0.4 is 10.6 Å². The summed E-state index contributed by atoms with van der Waals surface area (Å²) in [5, 5.41) is 7.85. The SMILES string of the molecule is CC[C@H]1C=CCC[C@]2(C[C@H]3CC[C@H]4C[C@@]5(CCC[C@H](C)O5)N[C@@H](N2)N34)O1. The molecule has 0 amide bonds. The molecule has 5 nitrogen and oxygen atoms in total. The number of hydrogen-bond acceptors (Lipinski definition) is 5. The van der Waals surface area contributed by atoms with Crippen LogP contribution in [-0.2, 0) is 9.47 Å². The first-order valence-electron chi connectivity index (χ1n) is 11.0. The van der Waals surface area contributed by atoms with Crippen molar-refractivity contribution in [2.45, 2.75) is 120 Å². The molecular formula is C21H35N3O2. The molecule has 0 aromatic heterocycles. The number of ether oxygens (including phenoxy) is 2. The van der Waals surface area contributed by atoms with Gasteiger partial charge in [0.1, 0.15) is 17.7 Å². The molecule has 2 N–H and O–H groups in total. The topological polar surface area (TPSA) is 45.8 Å². The van der Waals surface area contributed by atoms with Crippen LogP contribution in [0.2, 0.25) is 0 Å². The molecule has 0 aromatic carbocycles. The molecule has 0 aliphatic carbocycles. The summed E-state index contributed by atoms with van der Waals surface area (Å²) in [4.78, 5) is 2.71. The van der Waals surface area contributed by atoms with Gasteiger partial charge in [0.2, 0.25) is 0 Å². The highest BCUT2D eigenvalue weighted by Gasteiger charge is 2.56. The number of allylic oxidation sites excluding steroid dienone is 1. The molecule has 7 atom stereocenters. The van der Waals surface area contributed by atoms with Gasteiger partial charge >= 0.3 is 0 Å². The third kappa shape index (κ3) is 2.96. The largest absolute Gasteiger partial charge is 0.358 e. The molecule has 5 aliphatic heterocycles. The lowest BCUT2D eigenvalue weighted by molar-refractivity contribution is -0.230. The molecule has 26 heavy (non-hydrogen) atoms. The third-order valence-corrected chi connectivity index (χ3v) is 7.37. The molecule has 146 valence electrons. The second-order valence-electron chi connectivity index (χ2n) is 9.27. The quantitative estimate of drug-likeness (QED) is 0.702. The first-order valence-corrected chi connectivity index (χ1v) is 11.0. The Labute approximate surface area is 157 Å². The van der Waals surface area contributed by atoms with E-state index in [4.69, 9.17) is 9.47 Å². The minimum absolute atomic E-state index is 0.142. The Balaban J connectivity index is 1.41. The lowest BCUT2D eigenvalue weighted by atomic mass is 9.89. The zero-order chi connectivity index (χ0) is 17.8. The fourth-order valence-electron chi connectivity index (χ4n) is 6.24. The minimum Gasteiger partial charge on any atom is -0.358 e. The summed E-state index contributed by atoms with van der Waals surface area (Å²) in [5.74, 6) is 0. The second-order valence-corrected chi connectivity index (χ2v) is 9.27. The van der Waals surface area contributed by atoms with E-state index in [1.165, 1.54) is 25.7 Å². The van der Waals surface area contributed by atoms with Crippen molar-refractivity contribution in [2.75, 3.05) is 0 Å². The fraction of sp³-hybridized carbons (Fsp3) is 0.905. The zero-order valence-electron chi connectivity index (χ0n) is 16.4. The van der Waals surface area contributed by atoms with E-state index in [0.29, 0.717) is 18.2 Å². The third-order valence-electron chi connectivity index (χ3n) is 7.37. The predicted molar refractivity (Wildman–Crippen MR) is 101 cm³/mol. The van der Waals surface area contributed by atoms with Crippen molar-refractivity contribution >= 4 is 0 Å². The number of hydrogen-bond donors (Lipinski definition) is 2. The minimum atomic E-state index is -0.198. The Hall–Kier alpha value is -0.460. The lowest BCUT2D eigenvalue weighted by Crippen LogP contribution is -2.78. The van der Waals surface area contributed by atoms with Gasteiger partial charge in [-0.2, -0.15) is 0 Å². The van der Waals surface area contributed by atoms with E-state index in [2.05, 4.69) is 41.5 Å². The Bertz CT molecular complexity index is 569. The van der Waals surface area contributed by atoms with Crippen LogP contribution in [0.15, 0.2) is 12.2 Å². The van der Waals surface area contributed by atoms with Crippen LogP contribution in [0.25, 0.3) is 0 Å². The van der Waals surface area contributed by atoms with Gasteiger partial charge in [0.05, 0.1) is 12.2 Å². The van der Waals surface area contributed by atoms with Crippen molar-refractivity contribution in [1.82, 2.24) is 15.5 Å². The molecule has 0 radical (unpaired) electrons. The average Bonchev–Trinajstić information content (AvgIpc) is 2.89. The highest BCUT2D eigenvalue weighted by molar-refractivity contribution is 5.09. The molecule has 0 aromatic rings. The monoisotopic (exact) mass is 361 g/mol. The first kappa shape index (κ1) is 17.6. The van der Waals surface area contributed by atoms with E-state index in [9.17, 15) is 0 Å². The fourth-order valence-corrected chi connectivity index (χ4v) is 6.24. The van der Waals surface area contributed by atoms with Crippen LogP contribution in [0.3, 0.4) is 0 Å². The molecule has 4 saturated heterocycles. The zero-order valence-corrected chi connectivity index (χ0v) is 16.4. The Morgan fingerprint density at radius 2 is 1.77 bits per heavy atom. The Morgan fingerprint density at radius 1 is 1.04 bits per heavy atom. The summed E-state index contributed by atoms with van der Waals surface area (Å²) in [7, 11) is 0. The molecule has 2 spiro atoms. The molecule has 5 heterocycles. The van der Waals surface area contributed by atoms with E-state index in [1.807, 2.05) is 0 Å². The molecule has 0 bridgehead atoms. The Morgan fingerprint density at radius 3 is 2.46 bits per heavy atom. The van der Waals surface area contributed by atoms with Crippen molar-refractivity contribution < 1.29 is 9.47 Å². The molecular weight excluding hydrogens is 326 g/mol. The van der Waals surface area contributed by atoms with Gasteiger partial charge in [-0.3, -0.25) is 15.5 Å². The summed E-state index contributed by atoms with van der Waals surface area (Å²) < 4.78 is 13.2. The maximum Gasteiger partial charge on any atom is 0.124 e. The smallest absolute Gasteiger partial charge is 0.124 e. The molecule has 5 heteroatoms. The maximum absolute atomic E-state index is 6.68. The van der Waals surface area contributed by atoms with Gasteiger partial charge in [0.25, 0.3) is 0 Å². The van der Waals surface area contributed by atoms with E-state index in [1.54, 1.807) is 0 Å². The lowest BCUT2D eigenvalue weighted by Gasteiger charge is -2.58. The highest BCUT2D eigenvalue weighted by Crippen LogP contribution is 2.46. The number of rotatable bonds is 1. The predicted octanol–water partition coefficient (Wildman–Crippen LogP) is 3.22. The second kappa shape index (κ2) is 6.56. The molecule has 0 unspecified atom stereocenters. The van der Waals surface area contributed by atoms with Crippen LogP contribution >= 0.6 is 0 Å². The van der Waals surface area contributed by atoms with E-state index < -0.39 is 0 Å². The Kier molecular flexibility index (Phi) is 4.45. The van der Waals surface area contributed by atoms with Crippen molar-refractivity contribution in [3.63, 3.8) is 0 Å². The summed E-state index contributed by atoms with van der Waals surface area (Å²) in [6.07, 6.45) is 17.0. The van der Waals surface area contributed by atoms with Crippen molar-refractivity contribution in [3.05, 3.63) is 12.2 Å². The molecule has 4 fully saturated rings. The molecule has 0 saturated carbocycles. The van der Waals surface area contributed by atoms with E-state index >= 15 is 0 Å². The normalized spacial score (nSPS) is 51.5. The van der Waals surface area contributed by atoms with E-state index in [-0.39, 0.29) is 23.8 Å². The summed E-state index contributed by atoms with van der Waals surface area (Å²) in [5.41, 5.74) is -0.340. The summed E-state index contributed by atoms with van der Waals surface area (Å²) >= 11 is 0. The van der Waals surface area contributed by atoms with Crippen LogP contribution in [0, 0.1) is 0 Å². The van der Waals surface area contributed by atoms with E-state index in [0.717, 1.165) is 38.5 Å². The maximum atomic E-state index is 6.68. The van der Waals surface area contributed by atoms with Crippen molar-refractivity contribution in [3.8, 4) is 0 Å². The van der Waals surface area contributed by atoms with Crippen LogP contribution in [0.1, 0.15) is 78.1 Å². The average molecular weight is 362 g/mol. The van der Waals surface area contributed by atoms with Gasteiger partial charge in [-0.05, 0) is 58.3 Å². The highest BCUT2D eigenvalue weighted by atomic mass is 16.5. The van der Waals surface area contributed by atoms with Gasteiger partial charge in [0, 0.05) is 24.9 Å². The molecule has 5 rings (SSSR count). The number of nitrogens with zero attached hydrogens (tertiary/aromatic N) is 1. The van der Waals surface area contributed by atoms with Gasteiger partial charge in [-0.25, -0.2) is 0 Å². The van der Waals surface area contributed by atoms with Crippen LogP contribution in [-0.4, -0.2) is 46.9 Å². The van der Waals surface area contributed by atoms with Crippen LogP contribution in [0.5, 0.6) is 0 Å². The van der Waals surface area contributed by atoms with Gasteiger partial charge in [-0.1, -0.05) is 19.1 Å².